The first-order valence-electron chi connectivity index (χ1n) is 7.88. The van der Waals surface area contributed by atoms with Gasteiger partial charge in [0, 0.05) is 37.4 Å². The maximum absolute atomic E-state index is 12.2. The molecule has 1 N–H and O–H groups in total. The van der Waals surface area contributed by atoms with E-state index in [0.717, 1.165) is 45.3 Å². The molecule has 0 bridgehead atoms. The topological polar surface area (TPSA) is 45.2 Å². The smallest absolute Gasteiger partial charge is 0.223 e. The van der Waals surface area contributed by atoms with Crippen LogP contribution in [0.4, 0.5) is 0 Å². The Labute approximate surface area is 126 Å². The third kappa shape index (κ3) is 3.91. The zero-order valence-electron chi connectivity index (χ0n) is 12.4. The zero-order chi connectivity index (χ0) is 14.5. The molecule has 1 amide bonds. The van der Waals surface area contributed by atoms with Crippen molar-refractivity contribution < 1.29 is 4.79 Å². The lowest BCUT2D eigenvalue weighted by molar-refractivity contribution is -0.125. The number of nitrogens with one attached hydrogen (secondary N) is 1. The Morgan fingerprint density at radius 1 is 1.38 bits per heavy atom. The van der Waals surface area contributed by atoms with E-state index in [0.29, 0.717) is 6.04 Å². The number of amides is 1. The minimum absolute atomic E-state index is 0.165. The van der Waals surface area contributed by atoms with E-state index in [4.69, 9.17) is 0 Å². The Balaban J connectivity index is 1.50. The summed E-state index contributed by atoms with van der Waals surface area (Å²) in [4.78, 5) is 18.8. The highest BCUT2D eigenvalue weighted by Gasteiger charge is 2.25. The Bertz CT molecular complexity index is 492. The van der Waals surface area contributed by atoms with Crippen LogP contribution in [0.25, 0.3) is 0 Å². The molecule has 1 atom stereocenters. The van der Waals surface area contributed by atoms with E-state index in [1.807, 2.05) is 12.3 Å². The molecule has 0 aromatic carbocycles. The fraction of sp³-hybridized carbons (Fsp3) is 0.529. The molecule has 0 spiro atoms. The fourth-order valence-corrected chi connectivity index (χ4v) is 3.22. The van der Waals surface area contributed by atoms with Gasteiger partial charge in [0.15, 0.2) is 0 Å². The maximum atomic E-state index is 12.2. The van der Waals surface area contributed by atoms with Crippen LogP contribution in [-0.2, 0) is 11.3 Å². The minimum Gasteiger partial charge on any atom is -0.352 e. The third-order valence-corrected chi connectivity index (χ3v) is 4.36. The predicted octanol–water partition coefficient (Wildman–Crippen LogP) is 2.13. The molecule has 0 radical (unpaired) electrons. The molecule has 1 saturated heterocycles. The van der Waals surface area contributed by atoms with Crippen molar-refractivity contribution in [1.82, 2.24) is 15.2 Å². The normalized spacial score (nSPS) is 23.3. The van der Waals surface area contributed by atoms with Gasteiger partial charge in [-0.05, 0) is 43.9 Å². The SMILES string of the molecule is O=C(N[C@H]1CCCN(Cc2cccnc2)C1)C1CC=CC1. The van der Waals surface area contributed by atoms with E-state index in [9.17, 15) is 4.79 Å². The van der Waals surface area contributed by atoms with Crippen molar-refractivity contribution >= 4 is 5.91 Å². The average Bonchev–Trinajstić information content (AvgIpc) is 3.03. The first-order chi connectivity index (χ1) is 10.3. The monoisotopic (exact) mass is 285 g/mol. The number of likely N-dealkylation sites (tertiary alicyclic amines) is 1. The summed E-state index contributed by atoms with van der Waals surface area (Å²) in [6, 6.07) is 4.38. The number of hydrogen-bond acceptors (Lipinski definition) is 3. The molecule has 2 heterocycles. The van der Waals surface area contributed by atoms with Crippen molar-refractivity contribution in [3.8, 4) is 0 Å². The Hall–Kier alpha value is -1.68. The second-order valence-electron chi connectivity index (χ2n) is 6.08. The Morgan fingerprint density at radius 3 is 3.00 bits per heavy atom. The molecule has 1 aromatic rings. The molecule has 1 aliphatic heterocycles. The van der Waals surface area contributed by atoms with E-state index in [1.165, 1.54) is 5.56 Å². The quantitative estimate of drug-likeness (QED) is 0.862. The van der Waals surface area contributed by atoms with Crippen LogP contribution in [0, 0.1) is 5.92 Å². The largest absolute Gasteiger partial charge is 0.352 e. The number of aromatic nitrogens is 1. The first-order valence-corrected chi connectivity index (χ1v) is 7.88. The molecule has 4 heteroatoms. The van der Waals surface area contributed by atoms with Crippen molar-refractivity contribution in [2.75, 3.05) is 13.1 Å². The Morgan fingerprint density at radius 2 is 2.24 bits per heavy atom. The van der Waals surface area contributed by atoms with Gasteiger partial charge in [0.1, 0.15) is 0 Å². The summed E-state index contributed by atoms with van der Waals surface area (Å²) in [6.45, 7) is 2.97. The van der Waals surface area contributed by atoms with Crippen molar-refractivity contribution in [3.63, 3.8) is 0 Å². The van der Waals surface area contributed by atoms with E-state index < -0.39 is 0 Å². The van der Waals surface area contributed by atoms with Crippen LogP contribution in [0.3, 0.4) is 0 Å². The molecule has 3 rings (SSSR count). The third-order valence-electron chi connectivity index (χ3n) is 4.36. The summed E-state index contributed by atoms with van der Waals surface area (Å²) >= 11 is 0. The average molecular weight is 285 g/mol. The number of carbonyl (C=O) groups is 1. The number of pyridine rings is 1. The molecule has 0 saturated carbocycles. The minimum atomic E-state index is 0.165. The number of carbonyl (C=O) groups excluding carboxylic acids is 1. The molecule has 1 aliphatic carbocycles. The molecule has 112 valence electrons. The van der Waals surface area contributed by atoms with Gasteiger partial charge >= 0.3 is 0 Å². The van der Waals surface area contributed by atoms with Gasteiger partial charge in [-0.3, -0.25) is 14.7 Å². The Kier molecular flexibility index (Phi) is 4.65. The second kappa shape index (κ2) is 6.85. The highest BCUT2D eigenvalue weighted by atomic mass is 16.1. The van der Waals surface area contributed by atoms with Gasteiger partial charge in [-0.25, -0.2) is 0 Å². The van der Waals surface area contributed by atoms with Crippen LogP contribution in [0.2, 0.25) is 0 Å². The molecular formula is C17H23N3O. The van der Waals surface area contributed by atoms with E-state index >= 15 is 0 Å². The second-order valence-corrected chi connectivity index (χ2v) is 6.08. The lowest BCUT2D eigenvalue weighted by Gasteiger charge is -2.33. The highest BCUT2D eigenvalue weighted by molar-refractivity contribution is 5.79. The summed E-state index contributed by atoms with van der Waals surface area (Å²) in [5.74, 6) is 0.395. The summed E-state index contributed by atoms with van der Waals surface area (Å²) in [5.41, 5.74) is 1.24. The number of rotatable bonds is 4. The van der Waals surface area contributed by atoms with E-state index in [2.05, 4.69) is 33.4 Å². The van der Waals surface area contributed by atoms with Crippen molar-refractivity contribution in [3.05, 3.63) is 42.2 Å². The summed E-state index contributed by atoms with van der Waals surface area (Å²) < 4.78 is 0. The van der Waals surface area contributed by atoms with Crippen molar-refractivity contribution in [2.45, 2.75) is 38.3 Å². The summed E-state index contributed by atoms with van der Waals surface area (Å²) in [7, 11) is 0. The van der Waals surface area contributed by atoms with Crippen LogP contribution < -0.4 is 5.32 Å². The van der Waals surface area contributed by atoms with Crippen LogP contribution in [-0.4, -0.2) is 34.9 Å². The highest BCUT2D eigenvalue weighted by Crippen LogP contribution is 2.19. The lowest BCUT2D eigenvalue weighted by Crippen LogP contribution is -2.48. The van der Waals surface area contributed by atoms with Crippen LogP contribution in [0.5, 0.6) is 0 Å². The van der Waals surface area contributed by atoms with Crippen LogP contribution >= 0.6 is 0 Å². The van der Waals surface area contributed by atoms with Gasteiger partial charge in [-0.2, -0.15) is 0 Å². The molecule has 0 unspecified atom stereocenters. The molecular weight excluding hydrogens is 262 g/mol. The standard InChI is InChI=1S/C17H23N3O/c21-17(15-6-1-2-7-15)19-16-8-4-10-20(13-16)12-14-5-3-9-18-11-14/h1-3,5,9,11,15-16H,4,6-8,10,12-13H2,(H,19,21)/t16-/m0/s1. The van der Waals surface area contributed by atoms with Gasteiger partial charge in [0.25, 0.3) is 0 Å². The van der Waals surface area contributed by atoms with Crippen LogP contribution in [0.15, 0.2) is 36.7 Å². The predicted molar refractivity (Wildman–Crippen MR) is 82.5 cm³/mol. The molecule has 1 aromatic heterocycles. The van der Waals surface area contributed by atoms with E-state index in [-0.39, 0.29) is 11.8 Å². The van der Waals surface area contributed by atoms with Crippen molar-refractivity contribution in [2.24, 2.45) is 5.92 Å². The van der Waals surface area contributed by atoms with Crippen LogP contribution in [0.1, 0.15) is 31.2 Å². The first kappa shape index (κ1) is 14.3. The maximum Gasteiger partial charge on any atom is 0.223 e. The van der Waals surface area contributed by atoms with Gasteiger partial charge in [0.2, 0.25) is 5.91 Å². The lowest BCUT2D eigenvalue weighted by atomic mass is 10.0. The van der Waals surface area contributed by atoms with Gasteiger partial charge < -0.3 is 5.32 Å². The van der Waals surface area contributed by atoms with Gasteiger partial charge in [-0.1, -0.05) is 18.2 Å². The molecule has 21 heavy (non-hydrogen) atoms. The summed E-state index contributed by atoms with van der Waals surface area (Å²) in [5, 5.41) is 3.24. The number of allylic oxidation sites excluding steroid dienone is 2. The number of hydrogen-bond donors (Lipinski definition) is 1. The summed E-state index contributed by atoms with van der Waals surface area (Å²) in [6.07, 6.45) is 12.0. The van der Waals surface area contributed by atoms with Gasteiger partial charge in [-0.15, -0.1) is 0 Å². The molecule has 4 nitrogen and oxygen atoms in total. The molecule has 1 fully saturated rings. The number of piperidine rings is 1. The zero-order valence-corrected chi connectivity index (χ0v) is 12.4. The van der Waals surface area contributed by atoms with E-state index in [1.54, 1.807) is 6.20 Å². The van der Waals surface area contributed by atoms with Crippen molar-refractivity contribution in [1.29, 1.82) is 0 Å². The van der Waals surface area contributed by atoms with Gasteiger partial charge in [0.05, 0.1) is 0 Å². The number of nitrogens with zero attached hydrogens (tertiary/aromatic N) is 2. The fourth-order valence-electron chi connectivity index (χ4n) is 3.22. The molecule has 2 aliphatic rings.